The molecule has 2 aliphatic heterocycles. The van der Waals surface area contributed by atoms with E-state index in [-0.39, 0.29) is 23.0 Å². The second-order valence-corrected chi connectivity index (χ2v) is 21.8. The van der Waals surface area contributed by atoms with E-state index in [0.29, 0.717) is 0 Å². The van der Waals surface area contributed by atoms with E-state index in [1.807, 2.05) is 0 Å². The van der Waals surface area contributed by atoms with Crippen LogP contribution < -0.4 is 26.2 Å². The molecule has 0 saturated carbocycles. The van der Waals surface area contributed by atoms with Gasteiger partial charge in [0.15, 0.2) is 0 Å². The minimum atomic E-state index is -0.123. The molecule has 0 atom stereocenters. The van der Waals surface area contributed by atoms with E-state index < -0.39 is 0 Å². The van der Waals surface area contributed by atoms with Gasteiger partial charge in [0.2, 0.25) is 0 Å². The van der Waals surface area contributed by atoms with Crippen LogP contribution in [0.4, 0.5) is 34.1 Å². The number of fused-ring (bicyclic) bond motifs is 7. The Morgan fingerprint density at radius 2 is 0.868 bits per heavy atom. The fourth-order valence-corrected chi connectivity index (χ4v) is 11.5. The fourth-order valence-electron chi connectivity index (χ4n) is 11.5. The first-order chi connectivity index (χ1) is 32.8. The summed E-state index contributed by atoms with van der Waals surface area (Å²) >= 11 is 0. The van der Waals surface area contributed by atoms with Crippen molar-refractivity contribution in [3.8, 4) is 44.5 Å². The smallest absolute Gasteiger partial charge is 0.252 e. The maximum atomic E-state index is 2.59. The molecule has 0 saturated heterocycles. The summed E-state index contributed by atoms with van der Waals surface area (Å²) in [5, 5.41) is 0. The number of benzene rings is 9. The number of hydrogen-bond acceptors (Lipinski definition) is 2. The van der Waals surface area contributed by atoms with Crippen LogP contribution in [-0.4, -0.2) is 6.71 Å². The van der Waals surface area contributed by atoms with E-state index in [4.69, 9.17) is 0 Å². The Hall–Kier alpha value is -7.36. The van der Waals surface area contributed by atoms with Crippen molar-refractivity contribution >= 4 is 57.2 Å². The van der Waals surface area contributed by atoms with E-state index in [2.05, 4.69) is 265 Å². The molecule has 2 nitrogen and oxygen atoms in total. The topological polar surface area (TPSA) is 6.48 Å². The van der Waals surface area contributed by atoms with Crippen LogP contribution in [0, 0.1) is 0 Å². The van der Waals surface area contributed by atoms with Crippen molar-refractivity contribution in [2.24, 2.45) is 0 Å². The second-order valence-electron chi connectivity index (χ2n) is 21.8. The van der Waals surface area contributed by atoms with Crippen molar-refractivity contribution in [3.05, 3.63) is 222 Å². The summed E-state index contributed by atoms with van der Waals surface area (Å²) in [6, 6.07) is 75.6. The first-order valence-electron chi connectivity index (χ1n) is 24.4. The van der Waals surface area contributed by atoms with Gasteiger partial charge in [-0.05, 0) is 143 Å². The summed E-state index contributed by atoms with van der Waals surface area (Å²) < 4.78 is 0. The second kappa shape index (κ2) is 15.3. The molecule has 0 spiro atoms. The average Bonchev–Trinajstić information content (AvgIpc) is 3.59. The van der Waals surface area contributed by atoms with E-state index in [9.17, 15) is 0 Å². The van der Waals surface area contributed by atoms with Gasteiger partial charge in [0.1, 0.15) is 0 Å². The minimum Gasteiger partial charge on any atom is -0.311 e. The zero-order valence-electron chi connectivity index (χ0n) is 40.5. The third-order valence-electron chi connectivity index (χ3n) is 15.2. The Morgan fingerprint density at radius 3 is 1.50 bits per heavy atom. The summed E-state index contributed by atoms with van der Waals surface area (Å²) in [6.45, 7) is 18.8. The van der Waals surface area contributed by atoms with Gasteiger partial charge in [0.25, 0.3) is 6.71 Å². The molecule has 9 aromatic rings. The van der Waals surface area contributed by atoms with Crippen molar-refractivity contribution in [2.45, 2.75) is 71.6 Å². The van der Waals surface area contributed by atoms with Crippen molar-refractivity contribution in [3.63, 3.8) is 0 Å². The summed E-state index contributed by atoms with van der Waals surface area (Å²) in [6.07, 6.45) is 0. The number of anilines is 6. The van der Waals surface area contributed by atoms with Gasteiger partial charge < -0.3 is 9.80 Å². The van der Waals surface area contributed by atoms with Crippen LogP contribution >= 0.6 is 0 Å². The molecule has 0 fully saturated rings. The molecule has 12 rings (SSSR count). The Labute approximate surface area is 403 Å². The van der Waals surface area contributed by atoms with Crippen LogP contribution in [0.1, 0.15) is 77.6 Å². The molecule has 2 heterocycles. The summed E-state index contributed by atoms with van der Waals surface area (Å²) in [7, 11) is 0. The van der Waals surface area contributed by atoms with Gasteiger partial charge in [-0.3, -0.25) is 0 Å². The molecule has 1 aliphatic carbocycles. The molecule has 0 N–H and O–H groups in total. The van der Waals surface area contributed by atoms with Crippen LogP contribution in [0.15, 0.2) is 200 Å². The van der Waals surface area contributed by atoms with Gasteiger partial charge in [0.05, 0.1) is 0 Å². The molecule has 3 aliphatic rings. The molecule has 0 bridgehead atoms. The molecular weight excluding hydrogens is 820 g/mol. The first-order valence-corrected chi connectivity index (χ1v) is 24.4. The lowest BCUT2D eigenvalue weighted by molar-refractivity contribution is 0.590. The lowest BCUT2D eigenvalue weighted by Crippen LogP contribution is -2.61. The van der Waals surface area contributed by atoms with Crippen LogP contribution in [-0.2, 0) is 16.2 Å². The highest BCUT2D eigenvalue weighted by atomic mass is 15.2. The molecule has 0 amide bonds. The summed E-state index contributed by atoms with van der Waals surface area (Å²) in [4.78, 5) is 5.14. The molecule has 68 heavy (non-hydrogen) atoms. The van der Waals surface area contributed by atoms with E-state index in [1.54, 1.807) is 0 Å². The van der Waals surface area contributed by atoms with E-state index in [1.165, 1.54) is 106 Å². The molecule has 9 aromatic carbocycles. The van der Waals surface area contributed by atoms with Gasteiger partial charge in [-0.15, -0.1) is 0 Å². The standard InChI is InChI=1S/C65H57BN2/c1-63(2,3)47-31-36-55-58(39-47)68(50-34-28-45(29-35-50)51-23-17-25-54-61(51)52-22-15-16-24-53(52)65(54,7)8)60-41-48(64(4,5)6)40-59-62(60)66(55)56-38-46(43-20-13-10-14-21-43)30-37-57(56)67(59)49-32-26-44(27-33-49)42-18-11-9-12-19-42/h9-41H,1-8H3. The normalized spacial score (nSPS) is 14.2. The number of nitrogens with zero attached hydrogens (tertiary/aromatic N) is 2. The van der Waals surface area contributed by atoms with Crippen LogP contribution in [0.25, 0.3) is 44.5 Å². The van der Waals surface area contributed by atoms with E-state index in [0.717, 1.165) is 11.4 Å². The number of hydrogen-bond donors (Lipinski definition) is 0. The lowest BCUT2D eigenvalue weighted by Gasteiger charge is -2.45. The van der Waals surface area contributed by atoms with E-state index >= 15 is 0 Å². The fraction of sp³-hybridized carbons (Fsp3) is 0.169. The third-order valence-corrected chi connectivity index (χ3v) is 15.2. The molecule has 0 aromatic heterocycles. The SMILES string of the molecule is CC(C)(C)c1ccc2c(c1)N(c1ccc(-c3cccc4c3-c3ccccc3C4(C)C)cc1)c1cc(C(C)(C)C)cc3c1B2c1cc(-c2ccccc2)ccc1N3c1ccc(-c2ccccc2)cc1. The first kappa shape index (κ1) is 42.0. The zero-order valence-corrected chi connectivity index (χ0v) is 40.5. The van der Waals surface area contributed by atoms with Gasteiger partial charge in [-0.25, -0.2) is 0 Å². The van der Waals surface area contributed by atoms with Crippen molar-refractivity contribution in [1.82, 2.24) is 0 Å². The van der Waals surface area contributed by atoms with Crippen molar-refractivity contribution in [1.29, 1.82) is 0 Å². The zero-order chi connectivity index (χ0) is 46.7. The summed E-state index contributed by atoms with van der Waals surface area (Å²) in [5.74, 6) is 0. The minimum absolute atomic E-state index is 0.00222. The quantitative estimate of drug-likeness (QED) is 0.159. The highest BCUT2D eigenvalue weighted by Crippen LogP contribution is 2.53. The summed E-state index contributed by atoms with van der Waals surface area (Å²) in [5.41, 5.74) is 26.5. The van der Waals surface area contributed by atoms with Crippen LogP contribution in [0.2, 0.25) is 0 Å². The highest BCUT2D eigenvalue weighted by Gasteiger charge is 2.45. The average molecular weight is 877 g/mol. The molecule has 330 valence electrons. The Kier molecular flexibility index (Phi) is 9.48. The number of rotatable bonds is 5. The maximum absolute atomic E-state index is 2.59. The van der Waals surface area contributed by atoms with Crippen LogP contribution in [0.3, 0.4) is 0 Å². The molecule has 3 heteroatoms. The predicted molar refractivity (Wildman–Crippen MR) is 292 cm³/mol. The molecule has 0 unspecified atom stereocenters. The lowest BCUT2D eigenvalue weighted by atomic mass is 9.33. The predicted octanol–water partition coefficient (Wildman–Crippen LogP) is 15.7. The monoisotopic (exact) mass is 876 g/mol. The Bertz CT molecular complexity index is 3430. The highest BCUT2D eigenvalue weighted by molar-refractivity contribution is 7.00. The van der Waals surface area contributed by atoms with Crippen molar-refractivity contribution in [2.75, 3.05) is 9.80 Å². The maximum Gasteiger partial charge on any atom is 0.252 e. The van der Waals surface area contributed by atoms with Gasteiger partial charge in [-0.1, -0.05) is 207 Å². The molecular formula is C65H57BN2. The largest absolute Gasteiger partial charge is 0.311 e. The van der Waals surface area contributed by atoms with Gasteiger partial charge >= 0.3 is 0 Å². The Balaban J connectivity index is 1.10. The third kappa shape index (κ3) is 6.61. The van der Waals surface area contributed by atoms with Crippen LogP contribution in [0.5, 0.6) is 0 Å². The Morgan fingerprint density at radius 1 is 0.368 bits per heavy atom. The van der Waals surface area contributed by atoms with Gasteiger partial charge in [-0.2, -0.15) is 0 Å². The molecule has 0 radical (unpaired) electrons. The van der Waals surface area contributed by atoms with Crippen molar-refractivity contribution < 1.29 is 0 Å². The van der Waals surface area contributed by atoms with Gasteiger partial charge in [0, 0.05) is 39.5 Å².